The highest BCUT2D eigenvalue weighted by Crippen LogP contribution is 2.39. The van der Waals surface area contributed by atoms with E-state index in [0.29, 0.717) is 44.2 Å². The Morgan fingerprint density at radius 1 is 0.892 bits per heavy atom. The summed E-state index contributed by atoms with van der Waals surface area (Å²) in [5, 5.41) is 0.732. The molecule has 5 aromatic rings. The molecule has 4 nitrogen and oxygen atoms in total. The molecule has 0 amide bonds. The van der Waals surface area contributed by atoms with Crippen LogP contribution in [0.25, 0.3) is 33.3 Å². The van der Waals surface area contributed by atoms with Crippen LogP contribution < -0.4 is 4.74 Å². The first kappa shape index (κ1) is 24.5. The lowest BCUT2D eigenvalue weighted by atomic mass is 9.95. The van der Waals surface area contributed by atoms with E-state index >= 15 is 0 Å². The van der Waals surface area contributed by atoms with Crippen molar-refractivity contribution in [2.75, 3.05) is 0 Å². The third-order valence-electron chi connectivity index (χ3n) is 5.81. The number of aldehydes is 1. The maximum atomic E-state index is 13.8. The average Bonchev–Trinajstić information content (AvgIpc) is 2.91. The molecule has 5 rings (SSSR count). The second-order valence-electron chi connectivity index (χ2n) is 8.31. The van der Waals surface area contributed by atoms with Gasteiger partial charge in [-0.2, -0.15) is 13.2 Å². The number of para-hydroxylation sites is 1. The van der Waals surface area contributed by atoms with Crippen LogP contribution in [0.5, 0.6) is 5.75 Å². The van der Waals surface area contributed by atoms with Gasteiger partial charge in [0.1, 0.15) is 23.8 Å². The summed E-state index contributed by atoms with van der Waals surface area (Å²) >= 11 is 5.83. The van der Waals surface area contributed by atoms with Crippen molar-refractivity contribution in [2.45, 2.75) is 12.8 Å². The van der Waals surface area contributed by atoms with Gasteiger partial charge in [-0.15, -0.1) is 0 Å². The second kappa shape index (κ2) is 10.0. The number of halogens is 4. The van der Waals surface area contributed by atoms with Gasteiger partial charge in [-0.25, -0.2) is 9.97 Å². The number of carbonyl (C=O) groups is 1. The number of hydrogen-bond acceptors (Lipinski definition) is 4. The smallest absolute Gasteiger partial charge is 0.418 e. The lowest BCUT2D eigenvalue weighted by Gasteiger charge is -2.16. The van der Waals surface area contributed by atoms with Crippen LogP contribution in [0, 0.1) is 0 Å². The van der Waals surface area contributed by atoms with E-state index in [-0.39, 0.29) is 12.1 Å². The van der Waals surface area contributed by atoms with E-state index in [1.165, 1.54) is 6.07 Å². The van der Waals surface area contributed by atoms with Gasteiger partial charge in [0, 0.05) is 33.8 Å². The normalized spacial score (nSPS) is 11.5. The molecule has 0 bridgehead atoms. The number of benzene rings is 3. The third-order valence-corrected chi connectivity index (χ3v) is 6.03. The van der Waals surface area contributed by atoms with Crippen LogP contribution in [0.3, 0.4) is 0 Å². The largest absolute Gasteiger partial charge is 0.489 e. The van der Waals surface area contributed by atoms with Gasteiger partial charge in [-0.05, 0) is 35.9 Å². The first-order chi connectivity index (χ1) is 17.8. The molecular formula is C29H18ClF3N2O2. The fourth-order valence-corrected chi connectivity index (χ4v) is 4.11. The minimum Gasteiger partial charge on any atom is -0.489 e. The molecule has 0 atom stereocenters. The topological polar surface area (TPSA) is 52.1 Å². The van der Waals surface area contributed by atoms with E-state index in [2.05, 4.69) is 9.97 Å². The van der Waals surface area contributed by atoms with Gasteiger partial charge in [0.25, 0.3) is 0 Å². The number of ether oxygens (including phenoxy) is 1. The second-order valence-corrected chi connectivity index (χ2v) is 8.69. The van der Waals surface area contributed by atoms with Gasteiger partial charge in [0.05, 0.1) is 16.8 Å². The van der Waals surface area contributed by atoms with Gasteiger partial charge in [0.2, 0.25) is 0 Å². The highest BCUT2D eigenvalue weighted by atomic mass is 35.5. The molecule has 0 aliphatic heterocycles. The summed E-state index contributed by atoms with van der Waals surface area (Å²) in [5.74, 6) is 0.515. The molecule has 8 heteroatoms. The predicted molar refractivity (Wildman–Crippen MR) is 137 cm³/mol. The molecule has 2 heterocycles. The van der Waals surface area contributed by atoms with Gasteiger partial charge < -0.3 is 4.74 Å². The molecule has 0 fully saturated rings. The summed E-state index contributed by atoms with van der Waals surface area (Å²) in [7, 11) is 0. The number of pyridine rings is 2. The molecule has 37 heavy (non-hydrogen) atoms. The Morgan fingerprint density at radius 2 is 1.68 bits per heavy atom. The molecule has 2 aromatic heterocycles. The Balaban J connectivity index is 1.62. The first-order valence-electron chi connectivity index (χ1n) is 11.2. The number of alkyl halides is 3. The van der Waals surface area contributed by atoms with Crippen molar-refractivity contribution in [2.24, 2.45) is 0 Å². The Hall–Kier alpha value is -4.23. The van der Waals surface area contributed by atoms with Crippen molar-refractivity contribution in [3.63, 3.8) is 0 Å². The Bertz CT molecular complexity index is 1580. The fraction of sp³-hybridized carbons (Fsp3) is 0.0690. The quantitative estimate of drug-likeness (QED) is 0.169. The summed E-state index contributed by atoms with van der Waals surface area (Å²) in [5.41, 5.74) is 2.64. The van der Waals surface area contributed by atoms with E-state index < -0.39 is 11.7 Å². The highest BCUT2D eigenvalue weighted by Gasteiger charge is 2.33. The van der Waals surface area contributed by atoms with Crippen LogP contribution >= 0.6 is 11.6 Å². The number of fused-ring (bicyclic) bond motifs is 1. The Kier molecular flexibility index (Phi) is 6.63. The van der Waals surface area contributed by atoms with Crippen LogP contribution in [-0.4, -0.2) is 16.3 Å². The highest BCUT2D eigenvalue weighted by molar-refractivity contribution is 6.29. The minimum absolute atomic E-state index is 0.142. The molecule has 0 unspecified atom stereocenters. The zero-order chi connectivity index (χ0) is 26.0. The SMILES string of the molecule is O=Cc1ccc(-c2cc3cccc(C(F)(F)F)c3nc2-c2cccc(OCc3ccc(Cl)nc3)c2)cc1. The molecule has 184 valence electrons. The molecular weight excluding hydrogens is 501 g/mol. The van der Waals surface area contributed by atoms with Gasteiger partial charge in [0.15, 0.2) is 0 Å². The van der Waals surface area contributed by atoms with Crippen LogP contribution in [0.4, 0.5) is 13.2 Å². The van der Waals surface area contributed by atoms with Gasteiger partial charge in [-0.3, -0.25) is 4.79 Å². The van der Waals surface area contributed by atoms with E-state index in [9.17, 15) is 18.0 Å². The molecule has 0 radical (unpaired) electrons. The summed E-state index contributed by atoms with van der Waals surface area (Å²) in [6.45, 7) is 0.233. The van der Waals surface area contributed by atoms with Crippen molar-refractivity contribution in [1.29, 1.82) is 0 Å². The number of hydrogen-bond donors (Lipinski definition) is 0. The van der Waals surface area contributed by atoms with Crippen molar-refractivity contribution < 1.29 is 22.7 Å². The Morgan fingerprint density at radius 3 is 2.38 bits per heavy atom. The maximum absolute atomic E-state index is 13.8. The van der Waals surface area contributed by atoms with Crippen molar-refractivity contribution in [3.8, 4) is 28.1 Å². The van der Waals surface area contributed by atoms with Crippen molar-refractivity contribution in [1.82, 2.24) is 9.97 Å². The third kappa shape index (κ3) is 5.32. The first-order valence-corrected chi connectivity index (χ1v) is 11.6. The molecule has 0 saturated heterocycles. The average molecular weight is 519 g/mol. The van der Waals surface area contributed by atoms with E-state index in [0.717, 1.165) is 17.9 Å². The van der Waals surface area contributed by atoms with E-state index in [4.69, 9.17) is 16.3 Å². The van der Waals surface area contributed by atoms with E-state index in [1.54, 1.807) is 79.0 Å². The van der Waals surface area contributed by atoms with Gasteiger partial charge >= 0.3 is 6.18 Å². The number of rotatable bonds is 6. The number of nitrogens with zero attached hydrogens (tertiary/aromatic N) is 2. The van der Waals surface area contributed by atoms with Crippen molar-refractivity contribution in [3.05, 3.63) is 113 Å². The van der Waals surface area contributed by atoms with E-state index in [1.807, 2.05) is 0 Å². The number of aromatic nitrogens is 2. The zero-order valence-electron chi connectivity index (χ0n) is 19.2. The lowest BCUT2D eigenvalue weighted by Crippen LogP contribution is -2.07. The molecule has 0 saturated carbocycles. The summed E-state index contributed by atoms with van der Waals surface area (Å²) in [4.78, 5) is 19.7. The van der Waals surface area contributed by atoms with Crippen molar-refractivity contribution >= 4 is 28.8 Å². The molecule has 0 spiro atoms. The minimum atomic E-state index is -4.56. The fourth-order valence-electron chi connectivity index (χ4n) is 4.00. The van der Waals surface area contributed by atoms with Crippen LogP contribution in [0.15, 0.2) is 91.1 Å². The Labute approximate surface area is 215 Å². The molecule has 0 N–H and O–H groups in total. The van der Waals surface area contributed by atoms with Crippen LogP contribution in [0.1, 0.15) is 21.5 Å². The van der Waals surface area contributed by atoms with Crippen LogP contribution in [-0.2, 0) is 12.8 Å². The number of carbonyl (C=O) groups excluding carboxylic acids is 1. The molecule has 3 aromatic carbocycles. The predicted octanol–water partition coefficient (Wildman–Crippen LogP) is 8.03. The summed E-state index contributed by atoms with van der Waals surface area (Å²) in [6, 6.07) is 23.0. The maximum Gasteiger partial charge on any atom is 0.418 e. The molecule has 0 aliphatic carbocycles. The monoisotopic (exact) mass is 518 g/mol. The van der Waals surface area contributed by atoms with Crippen LogP contribution in [0.2, 0.25) is 5.15 Å². The lowest BCUT2D eigenvalue weighted by molar-refractivity contribution is -0.136. The summed E-state index contributed by atoms with van der Waals surface area (Å²) in [6.07, 6.45) is -2.22. The standard InChI is InChI=1S/C29H18ClF3N2O2/c30-26-12-9-19(15-34-26)17-37-23-5-1-3-21(13-23)27-24(20-10-7-18(16-36)8-11-20)14-22-4-2-6-25(28(22)35-27)29(31,32)33/h1-16H,17H2. The van der Waals surface area contributed by atoms with Gasteiger partial charge in [-0.1, -0.05) is 66.2 Å². The zero-order valence-corrected chi connectivity index (χ0v) is 19.9. The molecule has 0 aliphatic rings. The summed E-state index contributed by atoms with van der Waals surface area (Å²) < 4.78 is 47.3.